The normalized spacial score (nSPS) is 12.4. The number of aryl methyl sites for hydroxylation is 2. The lowest BCUT2D eigenvalue weighted by Gasteiger charge is -2.16. The summed E-state index contributed by atoms with van der Waals surface area (Å²) in [6, 6.07) is 7.45. The first-order chi connectivity index (χ1) is 9.45. The third kappa shape index (κ3) is 2.47. The second kappa shape index (κ2) is 5.51. The van der Waals surface area contributed by atoms with Gasteiger partial charge in [-0.25, -0.2) is 4.79 Å². The van der Waals surface area contributed by atoms with Gasteiger partial charge in [-0.05, 0) is 31.7 Å². The number of phenols is 1. The number of aliphatic hydroxyl groups excluding tert-OH is 1. The van der Waals surface area contributed by atoms with Gasteiger partial charge in [0.1, 0.15) is 5.75 Å². The maximum atomic E-state index is 11.7. The summed E-state index contributed by atoms with van der Waals surface area (Å²) in [5.74, 6) is -0.821. The molecule has 0 radical (unpaired) electrons. The number of carbonyl (C=O) groups is 1. The van der Waals surface area contributed by atoms with Crippen LogP contribution in [-0.4, -0.2) is 22.8 Å². The summed E-state index contributed by atoms with van der Waals surface area (Å²) in [5, 5.41) is 21.9. The number of aromatic hydroxyl groups is 1. The molecule has 2 aromatic carbocycles. The van der Waals surface area contributed by atoms with E-state index in [0.717, 1.165) is 10.9 Å². The van der Waals surface area contributed by atoms with E-state index in [4.69, 9.17) is 4.74 Å². The number of hydrogen-bond donors (Lipinski definition) is 2. The molecule has 0 fully saturated rings. The molecular weight excluding hydrogens is 256 g/mol. The Hall–Kier alpha value is -2.07. The summed E-state index contributed by atoms with van der Waals surface area (Å²) in [6.07, 6.45) is -1.47. The number of benzene rings is 2. The molecule has 4 nitrogen and oxygen atoms in total. The molecule has 0 heterocycles. The standard InChI is InChI=1S/C16H18O4/c1-4-20-16(19)15(18)13-10(3)8-11-7-9(2)5-6-12(11)14(13)17/h5-8,15,17-18H,4H2,1-3H3. The topological polar surface area (TPSA) is 66.8 Å². The van der Waals surface area contributed by atoms with Gasteiger partial charge >= 0.3 is 5.97 Å². The summed E-state index contributed by atoms with van der Waals surface area (Å²) < 4.78 is 4.80. The first-order valence-electron chi connectivity index (χ1n) is 6.53. The van der Waals surface area contributed by atoms with Gasteiger partial charge in [0.25, 0.3) is 0 Å². The lowest BCUT2D eigenvalue weighted by atomic mass is 9.95. The van der Waals surface area contributed by atoms with Crippen LogP contribution >= 0.6 is 0 Å². The molecule has 1 unspecified atom stereocenters. The highest BCUT2D eigenvalue weighted by Crippen LogP contribution is 2.36. The predicted molar refractivity (Wildman–Crippen MR) is 76.7 cm³/mol. The van der Waals surface area contributed by atoms with Crippen molar-refractivity contribution in [1.82, 2.24) is 0 Å². The van der Waals surface area contributed by atoms with E-state index in [0.29, 0.717) is 10.9 Å². The number of ether oxygens (including phenoxy) is 1. The average Bonchev–Trinajstić information content (AvgIpc) is 2.38. The van der Waals surface area contributed by atoms with Gasteiger partial charge in [-0.3, -0.25) is 0 Å². The van der Waals surface area contributed by atoms with E-state index in [1.807, 2.05) is 25.1 Å². The minimum absolute atomic E-state index is 0.0689. The second-order valence-corrected chi connectivity index (χ2v) is 4.83. The molecule has 2 N–H and O–H groups in total. The summed E-state index contributed by atoms with van der Waals surface area (Å²) in [7, 11) is 0. The van der Waals surface area contributed by atoms with Crippen molar-refractivity contribution >= 4 is 16.7 Å². The van der Waals surface area contributed by atoms with Crippen LogP contribution in [0.2, 0.25) is 0 Å². The Kier molecular flexibility index (Phi) is 3.95. The van der Waals surface area contributed by atoms with Crippen molar-refractivity contribution in [1.29, 1.82) is 0 Å². The maximum absolute atomic E-state index is 11.7. The van der Waals surface area contributed by atoms with Crippen molar-refractivity contribution in [2.24, 2.45) is 0 Å². The molecule has 106 valence electrons. The van der Waals surface area contributed by atoms with Crippen LogP contribution in [0, 0.1) is 13.8 Å². The summed E-state index contributed by atoms with van der Waals surface area (Å²) >= 11 is 0. The molecule has 2 rings (SSSR count). The molecule has 0 amide bonds. The maximum Gasteiger partial charge on any atom is 0.339 e. The smallest absolute Gasteiger partial charge is 0.339 e. The number of fused-ring (bicyclic) bond motifs is 1. The number of esters is 1. The van der Waals surface area contributed by atoms with E-state index in [-0.39, 0.29) is 17.9 Å². The fourth-order valence-corrected chi connectivity index (χ4v) is 2.34. The second-order valence-electron chi connectivity index (χ2n) is 4.83. The van der Waals surface area contributed by atoms with Gasteiger partial charge < -0.3 is 14.9 Å². The van der Waals surface area contributed by atoms with Crippen LogP contribution in [-0.2, 0) is 9.53 Å². The molecule has 0 saturated heterocycles. The number of carbonyl (C=O) groups excluding carboxylic acids is 1. The molecule has 2 aromatic rings. The molecule has 0 aliphatic carbocycles. The fraction of sp³-hybridized carbons (Fsp3) is 0.312. The third-order valence-electron chi connectivity index (χ3n) is 3.30. The predicted octanol–water partition coefficient (Wildman–Crippen LogP) is 2.76. The molecule has 0 aliphatic heterocycles. The molecule has 1 atom stereocenters. The molecule has 4 heteroatoms. The Morgan fingerprint density at radius 3 is 2.65 bits per heavy atom. The summed E-state index contributed by atoms with van der Waals surface area (Å²) in [5.41, 5.74) is 1.94. The van der Waals surface area contributed by atoms with Crippen LogP contribution < -0.4 is 0 Å². The first-order valence-corrected chi connectivity index (χ1v) is 6.53. The number of aliphatic hydroxyl groups is 1. The minimum Gasteiger partial charge on any atom is -0.507 e. The molecule has 0 spiro atoms. The van der Waals surface area contributed by atoms with Gasteiger partial charge in [-0.1, -0.05) is 29.8 Å². The van der Waals surface area contributed by atoms with Crippen molar-refractivity contribution in [3.8, 4) is 5.75 Å². The summed E-state index contributed by atoms with van der Waals surface area (Å²) in [6.45, 7) is 5.56. The van der Waals surface area contributed by atoms with Crippen LogP contribution in [0.5, 0.6) is 5.75 Å². The van der Waals surface area contributed by atoms with Crippen molar-refractivity contribution < 1.29 is 19.7 Å². The lowest BCUT2D eigenvalue weighted by Crippen LogP contribution is -2.16. The number of rotatable bonds is 3. The highest BCUT2D eigenvalue weighted by atomic mass is 16.5. The van der Waals surface area contributed by atoms with Crippen molar-refractivity contribution in [2.45, 2.75) is 26.9 Å². The molecule has 0 bridgehead atoms. The van der Waals surface area contributed by atoms with E-state index in [1.165, 1.54) is 0 Å². The zero-order valence-corrected chi connectivity index (χ0v) is 11.8. The van der Waals surface area contributed by atoms with E-state index < -0.39 is 12.1 Å². The monoisotopic (exact) mass is 274 g/mol. The van der Waals surface area contributed by atoms with Gasteiger partial charge in [0.05, 0.1) is 6.61 Å². The molecule has 0 aliphatic rings. The van der Waals surface area contributed by atoms with Crippen molar-refractivity contribution in [2.75, 3.05) is 6.61 Å². The molecular formula is C16H18O4. The van der Waals surface area contributed by atoms with Crippen molar-refractivity contribution in [3.05, 3.63) is 41.0 Å². The highest BCUT2D eigenvalue weighted by molar-refractivity contribution is 5.92. The van der Waals surface area contributed by atoms with Gasteiger partial charge in [-0.2, -0.15) is 0 Å². The van der Waals surface area contributed by atoms with E-state index in [9.17, 15) is 15.0 Å². The van der Waals surface area contributed by atoms with Crippen LogP contribution in [0.15, 0.2) is 24.3 Å². The highest BCUT2D eigenvalue weighted by Gasteiger charge is 2.25. The van der Waals surface area contributed by atoms with Gasteiger partial charge in [-0.15, -0.1) is 0 Å². The van der Waals surface area contributed by atoms with E-state index in [2.05, 4.69) is 0 Å². The largest absolute Gasteiger partial charge is 0.507 e. The van der Waals surface area contributed by atoms with Crippen LogP contribution in [0.4, 0.5) is 0 Å². The van der Waals surface area contributed by atoms with Gasteiger partial charge in [0.15, 0.2) is 6.10 Å². The molecule has 20 heavy (non-hydrogen) atoms. The van der Waals surface area contributed by atoms with Gasteiger partial charge in [0, 0.05) is 10.9 Å². The Labute approximate surface area is 117 Å². The van der Waals surface area contributed by atoms with Crippen molar-refractivity contribution in [3.63, 3.8) is 0 Å². The van der Waals surface area contributed by atoms with E-state index >= 15 is 0 Å². The van der Waals surface area contributed by atoms with E-state index in [1.54, 1.807) is 19.9 Å². The Morgan fingerprint density at radius 2 is 2.00 bits per heavy atom. The molecule has 0 aromatic heterocycles. The Morgan fingerprint density at radius 1 is 1.30 bits per heavy atom. The number of hydrogen-bond acceptors (Lipinski definition) is 4. The minimum atomic E-state index is -1.47. The Bertz CT molecular complexity index is 661. The number of phenolic OH excluding ortho intramolecular Hbond substituents is 1. The zero-order chi connectivity index (χ0) is 14.9. The quantitative estimate of drug-likeness (QED) is 0.845. The fourth-order valence-electron chi connectivity index (χ4n) is 2.34. The van der Waals surface area contributed by atoms with Crippen LogP contribution in [0.25, 0.3) is 10.8 Å². The first kappa shape index (κ1) is 14.3. The summed E-state index contributed by atoms with van der Waals surface area (Å²) in [4.78, 5) is 11.7. The average molecular weight is 274 g/mol. The Balaban J connectivity index is 2.59. The van der Waals surface area contributed by atoms with Gasteiger partial charge in [0.2, 0.25) is 0 Å². The third-order valence-corrected chi connectivity index (χ3v) is 3.30. The van der Waals surface area contributed by atoms with Crippen LogP contribution in [0.1, 0.15) is 29.7 Å². The zero-order valence-electron chi connectivity index (χ0n) is 11.8. The van der Waals surface area contributed by atoms with Crippen LogP contribution in [0.3, 0.4) is 0 Å². The lowest BCUT2D eigenvalue weighted by molar-refractivity contribution is -0.153. The SMILES string of the molecule is CCOC(=O)C(O)c1c(C)cc2cc(C)ccc2c1O. The molecule has 0 saturated carbocycles.